The van der Waals surface area contributed by atoms with Gasteiger partial charge >= 0.3 is 0 Å². The lowest BCUT2D eigenvalue weighted by Gasteiger charge is -2.01. The van der Waals surface area contributed by atoms with Crippen molar-refractivity contribution in [3.8, 4) is 0 Å². The van der Waals surface area contributed by atoms with E-state index in [1.54, 1.807) is 24.3 Å². The molecule has 0 fully saturated rings. The van der Waals surface area contributed by atoms with E-state index >= 15 is 0 Å². The lowest BCUT2D eigenvalue weighted by Crippen LogP contribution is -2.22. The molecule has 2 N–H and O–H groups in total. The molecule has 0 radical (unpaired) electrons. The van der Waals surface area contributed by atoms with Gasteiger partial charge in [-0.2, -0.15) is 0 Å². The third kappa shape index (κ3) is 3.31. The predicted octanol–water partition coefficient (Wildman–Crippen LogP) is 0.124. The van der Waals surface area contributed by atoms with Crippen molar-refractivity contribution >= 4 is 15.9 Å². The van der Waals surface area contributed by atoms with Gasteiger partial charge in [0.2, 0.25) is 0 Å². The van der Waals surface area contributed by atoms with Crippen molar-refractivity contribution in [2.24, 2.45) is 4.99 Å². The van der Waals surface area contributed by atoms with Crippen molar-refractivity contribution in [3.05, 3.63) is 29.8 Å². The first-order chi connectivity index (χ1) is 9.15. The summed E-state index contributed by atoms with van der Waals surface area (Å²) >= 11 is 0. The molecule has 0 atom stereocenters. The first-order valence-electron chi connectivity index (χ1n) is 6.00. The summed E-state index contributed by atoms with van der Waals surface area (Å²) < 4.78 is 31.1. The zero-order valence-electron chi connectivity index (χ0n) is 10.4. The molecule has 7 heteroatoms. The number of fused-ring (bicyclic) bond motifs is 1. The van der Waals surface area contributed by atoms with E-state index in [0.717, 1.165) is 0 Å². The van der Waals surface area contributed by atoms with E-state index in [9.17, 15) is 8.42 Å². The number of hydrogen-bond acceptors (Lipinski definition) is 5. The fourth-order valence-corrected chi connectivity index (χ4v) is 3.03. The number of rotatable bonds is 6. The van der Waals surface area contributed by atoms with E-state index in [2.05, 4.69) is 9.71 Å². The molecule has 19 heavy (non-hydrogen) atoms. The summed E-state index contributed by atoms with van der Waals surface area (Å²) in [6, 6.07) is 6.75. The second-order valence-corrected chi connectivity index (χ2v) is 5.67. The average molecular weight is 284 g/mol. The number of hydrogen-bond donors (Lipinski definition) is 2. The highest BCUT2D eigenvalue weighted by molar-refractivity contribution is 7.90. The maximum atomic E-state index is 11.8. The second-order valence-electron chi connectivity index (χ2n) is 4.02. The van der Waals surface area contributed by atoms with E-state index in [0.29, 0.717) is 37.6 Å². The maximum absolute atomic E-state index is 11.8. The normalized spacial score (nSPS) is 18.3. The van der Waals surface area contributed by atoms with Gasteiger partial charge in [-0.05, 0) is 18.6 Å². The number of ether oxygens (including phenoxy) is 1. The van der Waals surface area contributed by atoms with Crippen molar-refractivity contribution < 1.29 is 18.3 Å². The SMILES string of the molecule is O=S1(=O)NC(=NCCCOCCO)c2ccccc21. The number of benzene rings is 1. The van der Waals surface area contributed by atoms with E-state index in [1.165, 1.54) is 0 Å². The standard InChI is InChI=1S/C12H16N2O4S/c15-7-9-18-8-3-6-13-12-10-4-1-2-5-11(10)19(16,17)14-12/h1-2,4-5,15H,3,6-9H2,(H,13,14). The molecule has 0 aromatic heterocycles. The van der Waals surface area contributed by atoms with Crippen LogP contribution in [0.4, 0.5) is 0 Å². The highest BCUT2D eigenvalue weighted by atomic mass is 32.2. The molecule has 6 nitrogen and oxygen atoms in total. The maximum Gasteiger partial charge on any atom is 0.263 e. The number of amidine groups is 1. The van der Waals surface area contributed by atoms with Crippen LogP contribution in [0.15, 0.2) is 34.2 Å². The molecular weight excluding hydrogens is 268 g/mol. The second kappa shape index (κ2) is 6.14. The number of aliphatic imine (C=N–C) groups is 1. The first-order valence-corrected chi connectivity index (χ1v) is 7.49. The van der Waals surface area contributed by atoms with Crippen LogP contribution in [-0.4, -0.2) is 45.7 Å². The van der Waals surface area contributed by atoms with Gasteiger partial charge in [0, 0.05) is 18.7 Å². The van der Waals surface area contributed by atoms with Crippen LogP contribution in [0.25, 0.3) is 0 Å². The van der Waals surface area contributed by atoms with Crippen LogP contribution < -0.4 is 4.72 Å². The highest BCUT2D eigenvalue weighted by Gasteiger charge is 2.29. The summed E-state index contributed by atoms with van der Waals surface area (Å²) in [6.45, 7) is 1.27. The number of aliphatic hydroxyl groups excluding tert-OH is 1. The monoisotopic (exact) mass is 284 g/mol. The van der Waals surface area contributed by atoms with E-state index < -0.39 is 10.0 Å². The minimum absolute atomic E-state index is 0.00168. The van der Waals surface area contributed by atoms with Gasteiger partial charge in [0.25, 0.3) is 10.0 Å². The van der Waals surface area contributed by atoms with Crippen LogP contribution in [0, 0.1) is 0 Å². The Morgan fingerprint density at radius 2 is 2.05 bits per heavy atom. The Hall–Kier alpha value is -1.44. The molecule has 104 valence electrons. The highest BCUT2D eigenvalue weighted by Crippen LogP contribution is 2.21. The molecule has 1 heterocycles. The van der Waals surface area contributed by atoms with Gasteiger partial charge in [0.15, 0.2) is 0 Å². The van der Waals surface area contributed by atoms with Gasteiger partial charge in [-0.25, -0.2) is 8.42 Å². The lowest BCUT2D eigenvalue weighted by molar-refractivity contribution is 0.0918. The minimum atomic E-state index is -3.45. The van der Waals surface area contributed by atoms with Crippen LogP contribution in [-0.2, 0) is 14.8 Å². The summed E-state index contributed by atoms with van der Waals surface area (Å²) in [4.78, 5) is 4.51. The van der Waals surface area contributed by atoms with Crippen molar-refractivity contribution in [1.29, 1.82) is 0 Å². The molecule has 1 aromatic carbocycles. The molecule has 0 aliphatic carbocycles. The lowest BCUT2D eigenvalue weighted by atomic mass is 10.2. The Labute approximate surface area is 112 Å². The van der Waals surface area contributed by atoms with Gasteiger partial charge in [0.05, 0.1) is 18.1 Å². The number of sulfonamides is 1. The Morgan fingerprint density at radius 3 is 2.84 bits per heavy atom. The molecule has 0 unspecified atom stereocenters. The third-order valence-electron chi connectivity index (χ3n) is 2.62. The summed E-state index contributed by atoms with van der Waals surface area (Å²) in [5, 5.41) is 8.53. The first kappa shape index (κ1) is 14.0. The van der Waals surface area contributed by atoms with Gasteiger partial charge in [-0.15, -0.1) is 0 Å². The fraction of sp³-hybridized carbons (Fsp3) is 0.417. The van der Waals surface area contributed by atoms with Gasteiger partial charge in [-0.3, -0.25) is 9.71 Å². The van der Waals surface area contributed by atoms with Crippen molar-refractivity contribution in [2.45, 2.75) is 11.3 Å². The topological polar surface area (TPSA) is 88.0 Å². The Balaban J connectivity index is 1.99. The van der Waals surface area contributed by atoms with Gasteiger partial charge in [-0.1, -0.05) is 12.1 Å². The Kier molecular flexibility index (Phi) is 4.52. The van der Waals surface area contributed by atoms with Crippen molar-refractivity contribution in [1.82, 2.24) is 4.72 Å². The summed E-state index contributed by atoms with van der Waals surface area (Å²) in [5.74, 6) is 0.387. The van der Waals surface area contributed by atoms with E-state index in [4.69, 9.17) is 9.84 Å². The molecule has 0 spiro atoms. The predicted molar refractivity (Wildman–Crippen MR) is 70.7 cm³/mol. The molecule has 0 amide bonds. The van der Waals surface area contributed by atoms with Crippen LogP contribution in [0.1, 0.15) is 12.0 Å². The largest absolute Gasteiger partial charge is 0.394 e. The van der Waals surface area contributed by atoms with Crippen LogP contribution in [0.2, 0.25) is 0 Å². The minimum Gasteiger partial charge on any atom is -0.394 e. The molecule has 0 saturated heterocycles. The smallest absolute Gasteiger partial charge is 0.263 e. The summed E-state index contributed by atoms with van der Waals surface area (Å²) in [5.41, 5.74) is 0.610. The zero-order chi connectivity index (χ0) is 13.7. The van der Waals surface area contributed by atoms with Crippen LogP contribution in [0.5, 0.6) is 0 Å². The molecular formula is C12H16N2O4S. The van der Waals surface area contributed by atoms with Crippen molar-refractivity contribution in [2.75, 3.05) is 26.4 Å². The average Bonchev–Trinajstić information content (AvgIpc) is 2.66. The van der Waals surface area contributed by atoms with E-state index in [1.807, 2.05) is 0 Å². The van der Waals surface area contributed by atoms with Crippen LogP contribution in [0.3, 0.4) is 0 Å². The fourth-order valence-electron chi connectivity index (χ4n) is 1.78. The van der Waals surface area contributed by atoms with Gasteiger partial charge in [0.1, 0.15) is 5.84 Å². The molecule has 2 rings (SSSR count). The molecule has 1 aromatic rings. The Morgan fingerprint density at radius 1 is 1.26 bits per heavy atom. The number of aliphatic hydroxyl groups is 1. The quantitative estimate of drug-likeness (QED) is 0.727. The number of nitrogens with zero attached hydrogens (tertiary/aromatic N) is 1. The third-order valence-corrected chi connectivity index (χ3v) is 4.01. The molecule has 0 saturated carbocycles. The molecule has 0 bridgehead atoms. The van der Waals surface area contributed by atoms with E-state index in [-0.39, 0.29) is 11.5 Å². The zero-order valence-corrected chi connectivity index (χ0v) is 11.2. The van der Waals surface area contributed by atoms with Crippen LogP contribution >= 0.6 is 0 Å². The molecule has 1 aliphatic heterocycles. The molecule has 1 aliphatic rings. The van der Waals surface area contributed by atoms with Gasteiger partial charge < -0.3 is 9.84 Å². The summed E-state index contributed by atoms with van der Waals surface area (Å²) in [7, 11) is -3.45. The number of nitrogens with one attached hydrogen (secondary N) is 1. The summed E-state index contributed by atoms with van der Waals surface area (Å²) in [6.07, 6.45) is 0.674. The van der Waals surface area contributed by atoms with Crippen molar-refractivity contribution in [3.63, 3.8) is 0 Å². The Bertz CT molecular complexity index is 569.